The third-order valence-corrected chi connectivity index (χ3v) is 19.1. The number of alkyl halides is 6. The topological polar surface area (TPSA) is 307 Å². The summed E-state index contributed by atoms with van der Waals surface area (Å²) in [7, 11) is -5.24. The molecule has 4 fully saturated rings. The Morgan fingerprint density at radius 1 is 0.723 bits per heavy atom. The molecule has 3 N–H and O–H groups in total. The molecule has 2 saturated heterocycles. The maximum Gasteiger partial charge on any atom is 1.00 e. The molecular weight excluding hydrogens is 1420 g/mol. The smallest absolute Gasteiger partial charge is 1.00 e. The van der Waals surface area contributed by atoms with Crippen LogP contribution in [0.5, 0.6) is 11.8 Å². The molecule has 2 aliphatic carbocycles. The molecule has 94 heavy (non-hydrogen) atoms. The van der Waals surface area contributed by atoms with Crippen LogP contribution in [0.15, 0.2) is 71.0 Å². The van der Waals surface area contributed by atoms with Crippen LogP contribution in [0.2, 0.25) is 5.15 Å². The van der Waals surface area contributed by atoms with E-state index in [0.717, 1.165) is 18.5 Å². The molecule has 10 rings (SSSR count). The minimum Gasteiger partial charge on any atom is -1.00 e. The summed E-state index contributed by atoms with van der Waals surface area (Å²) in [5.74, 6) is 0.381. The number of ether oxygens (including phenoxy) is 2. The number of halogens is 8. The summed E-state index contributed by atoms with van der Waals surface area (Å²) >= 11 is 6.11. The second-order valence-corrected chi connectivity index (χ2v) is 27.5. The molecule has 4 aliphatic rings. The van der Waals surface area contributed by atoms with E-state index < -0.39 is 55.0 Å². The number of hydrogen-bond donors (Lipinski definition) is 3. The van der Waals surface area contributed by atoms with Crippen LogP contribution in [-0.2, 0) is 43.8 Å². The van der Waals surface area contributed by atoms with Gasteiger partial charge in [0.05, 0.1) is 59.0 Å². The van der Waals surface area contributed by atoms with Crippen LogP contribution in [0.25, 0.3) is 11.6 Å². The molecule has 8 heterocycles. The number of aryl methyl sites for hydroxylation is 2. The summed E-state index contributed by atoms with van der Waals surface area (Å²) in [6.45, 7) is 17.4. The van der Waals surface area contributed by atoms with Gasteiger partial charge in [0.25, 0.3) is 38.3 Å². The number of aromatic nitrogens is 10. The summed E-state index contributed by atoms with van der Waals surface area (Å²) in [5, 5.41) is 27.8. The van der Waals surface area contributed by atoms with E-state index in [4.69, 9.17) is 36.1 Å². The fraction of sp³-hybridized carbons (Fsp3) is 0.545. The third-order valence-electron chi connectivity index (χ3n) is 15.9. The molecule has 6 aromatic rings. The Kier molecular flexibility index (Phi) is 32.2. The fourth-order valence-corrected chi connectivity index (χ4v) is 13.0. The van der Waals surface area contributed by atoms with Gasteiger partial charge in [-0.25, -0.2) is 45.6 Å². The van der Waals surface area contributed by atoms with Crippen molar-refractivity contribution in [1.82, 2.24) is 63.9 Å². The van der Waals surface area contributed by atoms with E-state index in [0.29, 0.717) is 35.2 Å². The van der Waals surface area contributed by atoms with Crippen LogP contribution >= 0.6 is 51.0 Å². The third kappa shape index (κ3) is 21.7. The van der Waals surface area contributed by atoms with Crippen molar-refractivity contribution in [1.29, 1.82) is 0 Å². The van der Waals surface area contributed by atoms with E-state index in [1.165, 1.54) is 87.4 Å². The van der Waals surface area contributed by atoms with Crippen LogP contribution in [-0.4, -0.2) is 134 Å². The fourth-order valence-electron chi connectivity index (χ4n) is 10.4. The predicted octanol–water partition coefficient (Wildman–Crippen LogP) is 1.95. The molecule has 2 amide bonds. The Balaban J connectivity index is 0.000000772. The molecule has 0 bridgehead atoms. The summed E-state index contributed by atoms with van der Waals surface area (Å²) < 4.78 is 150. The number of pyridine rings is 2. The molecule has 39 heteroatoms. The molecule has 0 spiro atoms. The first kappa shape index (κ1) is 87.0. The molecule has 25 nitrogen and oxygen atoms in total. The molecule has 2 aliphatic heterocycles. The van der Waals surface area contributed by atoms with Crippen LogP contribution < -0.4 is 137 Å². The minimum atomic E-state index is -4.25. The monoisotopic (exact) mass is 1500 g/mol. The largest absolute Gasteiger partial charge is 1.00 e. The van der Waals surface area contributed by atoms with Crippen LogP contribution in [0.1, 0.15) is 126 Å². The number of nitrogens with zero attached hydrogens (tertiary/aromatic N) is 11. The SMILES string of the molecule is C[C@@H]1CNC(C)(C)C1.Cc1c(S(=O)(=O)NC(=O)c2ccc(-n3ccc(OCCC4(C(F)(F)F)CC4)n3)nc2Cl)cnn1C.Cc1c(S(=O)(=O)NC(=O)c2ccc(-n3ccc(OCCC4(C(F)(F)F)CC4)n3)nc2N2C[C@@H](C)CC2(C)C)cnn1C.Cl.O=CO[O-].S.S.[H-].[K+].[K+]. The molecular formula is C55H76Cl2F6K2N14O11S4. The van der Waals surface area contributed by atoms with Gasteiger partial charge in [-0.15, -0.1) is 22.6 Å². The number of rotatable bonds is 18. The second kappa shape index (κ2) is 34.8. The van der Waals surface area contributed by atoms with Gasteiger partial charge in [-0.1, -0.05) is 25.4 Å². The molecule has 2 saturated carbocycles. The first-order valence-electron chi connectivity index (χ1n) is 27.9. The van der Waals surface area contributed by atoms with Crippen molar-refractivity contribution in [3.63, 3.8) is 0 Å². The zero-order valence-electron chi connectivity index (χ0n) is 54.8. The van der Waals surface area contributed by atoms with Gasteiger partial charge < -0.3 is 31.3 Å². The van der Waals surface area contributed by atoms with Gasteiger partial charge in [-0.05, 0) is 136 Å². The number of nitrogens with one attached hydrogen (secondary N) is 3. The van der Waals surface area contributed by atoms with Gasteiger partial charge in [0, 0.05) is 56.2 Å². The number of sulfonamides is 2. The van der Waals surface area contributed by atoms with Gasteiger partial charge in [-0.2, -0.15) is 63.5 Å². The number of carbonyl (C=O) groups excluding carboxylic acids is 3. The average molecular weight is 1500 g/mol. The van der Waals surface area contributed by atoms with E-state index in [1.807, 2.05) is 23.5 Å². The molecule has 0 unspecified atom stereocenters. The number of anilines is 1. The summed E-state index contributed by atoms with van der Waals surface area (Å²) in [6.07, 6.45) is -0.906. The van der Waals surface area contributed by atoms with Gasteiger partial charge in [0.1, 0.15) is 20.8 Å². The second-order valence-electron chi connectivity index (χ2n) is 23.8. The maximum atomic E-state index is 13.4. The van der Waals surface area contributed by atoms with E-state index in [2.05, 4.69) is 68.0 Å². The zero-order chi connectivity index (χ0) is 65.9. The van der Waals surface area contributed by atoms with Crippen LogP contribution in [0.4, 0.5) is 32.2 Å². The number of hydrogen-bond acceptors (Lipinski definition) is 19. The Labute approximate surface area is 652 Å². The normalized spacial score (nSPS) is 17.7. The van der Waals surface area contributed by atoms with Crippen molar-refractivity contribution in [3.8, 4) is 23.4 Å². The van der Waals surface area contributed by atoms with Crippen molar-refractivity contribution < 1.29 is 181 Å². The van der Waals surface area contributed by atoms with Gasteiger partial charge in [0.2, 0.25) is 11.8 Å². The zero-order valence-corrected chi connectivity index (χ0v) is 65.2. The van der Waals surface area contributed by atoms with E-state index in [-0.39, 0.29) is 257 Å². The van der Waals surface area contributed by atoms with Crippen molar-refractivity contribution in [3.05, 3.63) is 88.9 Å². The number of amides is 2. The predicted molar refractivity (Wildman–Crippen MR) is 336 cm³/mol. The van der Waals surface area contributed by atoms with E-state index in [1.54, 1.807) is 27.2 Å². The summed E-state index contributed by atoms with van der Waals surface area (Å²) in [4.78, 5) is 47.7. The average Bonchev–Trinajstić information content (AvgIpc) is 1.68. The Bertz CT molecular complexity index is 3790. The molecule has 514 valence electrons. The Hall–Kier alpha value is -3.10. The molecule has 0 radical (unpaired) electrons. The van der Waals surface area contributed by atoms with E-state index in [9.17, 15) is 52.8 Å². The van der Waals surface area contributed by atoms with E-state index >= 15 is 0 Å². The molecule has 0 aromatic carbocycles. The Morgan fingerprint density at radius 2 is 1.14 bits per heavy atom. The first-order valence-corrected chi connectivity index (χ1v) is 31.3. The quantitative estimate of drug-likeness (QED) is 0.0277. The van der Waals surface area contributed by atoms with Gasteiger partial charge in [-0.3, -0.25) is 23.7 Å². The van der Waals surface area contributed by atoms with Gasteiger partial charge >= 0.3 is 115 Å². The van der Waals surface area contributed by atoms with Crippen molar-refractivity contribution in [2.24, 2.45) is 36.8 Å². The van der Waals surface area contributed by atoms with Crippen molar-refractivity contribution in [2.75, 3.05) is 31.2 Å². The minimum absolute atomic E-state index is 0. The first-order chi connectivity index (χ1) is 41.4. The van der Waals surface area contributed by atoms with Crippen LogP contribution in [0.3, 0.4) is 0 Å². The standard InChI is InChI=1S/C27H34F3N7O4S.C20H20ClF3N6O4S.C7H15N.CH2O3.ClH.2K.2H2S.H/c1-17-14-25(3,4)36(16-17)23-19(24(38)34-42(39,40)20-15-31-35(5)18(20)2)6-7-21(32-23)37-12-8-22(33-37)41-13-11-26(9-10-26)27(28,29)30;1-12-14(11-25-29(12)2)35(32,33)28-18(31)13-3-4-15(26-17(13)21)30-9-5-16(27-30)34-10-8-19(6-7-19)20(22,23)24;1-6-4-7(2,3)8-5-6;2-1-4-3;;;;;;/h6-8,12,15,17H,9-11,13-14,16H2,1-5H3,(H,34,38);3-5,9,11H,6-8,10H2,1-2H3,(H,28,31);6,8H,4-5H2,1-3H3;1,3H;1H;;;2*1H2;/q;;;;;2*+1;;;-1/p-1/t17-;;6-;;;;;;;/m0.0......./s1. The van der Waals surface area contributed by atoms with Crippen molar-refractivity contribution in [2.45, 2.75) is 140 Å². The maximum absolute atomic E-state index is 13.4. The van der Waals surface area contributed by atoms with Gasteiger partial charge in [0.15, 0.2) is 11.6 Å². The summed E-state index contributed by atoms with van der Waals surface area (Å²) in [6, 6.07) is 8.63. The number of carbonyl (C=O) groups is 3. The molecule has 2 atom stereocenters. The summed E-state index contributed by atoms with van der Waals surface area (Å²) in [5.41, 5.74) is -2.69. The Morgan fingerprint density at radius 3 is 1.46 bits per heavy atom. The van der Waals surface area contributed by atoms with Crippen LogP contribution in [0, 0.1) is 36.5 Å². The van der Waals surface area contributed by atoms with Crippen molar-refractivity contribution >= 4 is 95.2 Å². The molecule has 6 aromatic heterocycles.